The van der Waals surface area contributed by atoms with E-state index < -0.39 is 6.80 Å². The third kappa shape index (κ3) is 5.41. The minimum Gasteiger partial charge on any atom is -0.508 e. The van der Waals surface area contributed by atoms with Crippen LogP contribution in [0.25, 0.3) is 0 Å². The first-order valence-corrected chi connectivity index (χ1v) is 9.67. The maximum atomic E-state index is 12.3. The van der Waals surface area contributed by atoms with Crippen molar-refractivity contribution in [3.63, 3.8) is 0 Å². The molecule has 4 N–H and O–H groups in total. The van der Waals surface area contributed by atoms with Crippen molar-refractivity contribution in [2.45, 2.75) is 17.7 Å². The average molecular weight is 354 g/mol. The second-order valence-corrected chi connectivity index (χ2v) is 8.43. The van der Waals surface area contributed by atoms with Gasteiger partial charge in [-0.2, -0.15) is 0 Å². The predicted octanol–water partition coefficient (Wildman–Crippen LogP) is 3.10. The van der Waals surface area contributed by atoms with Crippen LogP contribution >= 0.6 is 18.2 Å². The summed E-state index contributed by atoms with van der Waals surface area (Å²) in [4.78, 5) is 30.5. The number of hydrogen-bond acceptors (Lipinski definition) is 5. The monoisotopic (exact) mass is 354 g/mol. The molecule has 0 atom stereocenters. The molecule has 2 aromatic rings. The summed E-state index contributed by atoms with van der Waals surface area (Å²) in [5.41, 5.74) is 0.928. The molecule has 0 aromatic heterocycles. The van der Waals surface area contributed by atoms with Gasteiger partial charge in [0.25, 0.3) is 0 Å². The molecule has 0 aliphatic carbocycles. The highest BCUT2D eigenvalue weighted by molar-refractivity contribution is 8.54. The number of aromatic hydroxyl groups is 2. The first-order valence-electron chi connectivity index (χ1n) is 6.64. The number of phenolic OH excluding ortho intramolecular Hbond substituents is 2. The third-order valence-electron chi connectivity index (χ3n) is 3.03. The summed E-state index contributed by atoms with van der Waals surface area (Å²) in [6.45, 7) is -4.44. The number of rotatable bonds is 6. The highest BCUT2D eigenvalue weighted by atomic mass is 32.7. The quantitative estimate of drug-likeness (QED) is 0.465. The maximum Gasteiger partial charge on any atom is 0.388 e. The number of carbonyl (C=O) groups excluding carboxylic acids is 1. The number of Topliss-reactive ketones (excluding diaryl/α,β-unsaturated/α-hetero) is 1. The number of carbonyl (C=O) groups is 1. The lowest BCUT2D eigenvalue weighted by atomic mass is 10.0. The van der Waals surface area contributed by atoms with Crippen molar-refractivity contribution in [1.29, 1.82) is 0 Å². The van der Waals surface area contributed by atoms with Crippen LogP contribution in [0.5, 0.6) is 11.5 Å². The lowest BCUT2D eigenvalue weighted by Crippen LogP contribution is -2.03. The van der Waals surface area contributed by atoms with Crippen molar-refractivity contribution in [2.75, 3.05) is 0 Å². The van der Waals surface area contributed by atoms with E-state index in [0.29, 0.717) is 6.42 Å². The van der Waals surface area contributed by atoms with Gasteiger partial charge in [0.1, 0.15) is 11.5 Å². The largest absolute Gasteiger partial charge is 0.508 e. The fraction of sp³-hybridized carbons (Fsp3) is 0.133. The number of hydrogen-bond donors (Lipinski definition) is 4. The van der Waals surface area contributed by atoms with Crippen LogP contribution < -0.4 is 0 Å². The maximum absolute atomic E-state index is 12.3. The lowest BCUT2D eigenvalue weighted by molar-refractivity contribution is 0.0980. The van der Waals surface area contributed by atoms with E-state index >= 15 is 0 Å². The number of benzene rings is 2. The SMILES string of the molecule is O=C(CCc1cccc(O)c1)c1ccc(O)cc1SP(=O)(O)O. The molecule has 23 heavy (non-hydrogen) atoms. The molecule has 0 radical (unpaired) electrons. The zero-order valence-corrected chi connectivity index (χ0v) is 13.6. The van der Waals surface area contributed by atoms with Gasteiger partial charge >= 0.3 is 6.80 Å². The molecule has 0 unspecified atom stereocenters. The van der Waals surface area contributed by atoms with Gasteiger partial charge in [0, 0.05) is 16.9 Å². The molecule has 0 amide bonds. The van der Waals surface area contributed by atoms with Gasteiger partial charge in [-0.3, -0.25) is 4.79 Å². The van der Waals surface area contributed by atoms with Crippen LogP contribution in [0.1, 0.15) is 22.3 Å². The van der Waals surface area contributed by atoms with Crippen molar-refractivity contribution < 1.29 is 29.4 Å². The van der Waals surface area contributed by atoms with E-state index in [1.807, 2.05) is 0 Å². The van der Waals surface area contributed by atoms with Gasteiger partial charge in [0.05, 0.1) is 0 Å². The zero-order valence-electron chi connectivity index (χ0n) is 11.9. The molecule has 0 fully saturated rings. The normalized spacial score (nSPS) is 11.4. The van der Waals surface area contributed by atoms with Gasteiger partial charge in [-0.05, 0) is 53.7 Å². The summed E-state index contributed by atoms with van der Waals surface area (Å²) < 4.78 is 11.1. The molecule has 6 nitrogen and oxygen atoms in total. The van der Waals surface area contributed by atoms with Gasteiger partial charge < -0.3 is 20.0 Å². The summed E-state index contributed by atoms with van der Waals surface area (Å²) in [7, 11) is 0. The Balaban J connectivity index is 2.17. The molecular formula is C15H15O6PS. The molecule has 2 aromatic carbocycles. The van der Waals surface area contributed by atoms with Crippen molar-refractivity contribution >= 4 is 24.0 Å². The summed E-state index contributed by atoms with van der Waals surface area (Å²) >= 11 is 0.240. The molecule has 0 bridgehead atoms. The molecule has 2 rings (SSSR count). The molecule has 0 saturated carbocycles. The van der Waals surface area contributed by atoms with E-state index in [2.05, 4.69) is 0 Å². The summed E-state index contributed by atoms with van der Waals surface area (Å²) in [5.74, 6) is -0.368. The van der Waals surface area contributed by atoms with Crippen molar-refractivity contribution in [3.8, 4) is 11.5 Å². The van der Waals surface area contributed by atoms with E-state index in [0.717, 1.165) is 11.6 Å². The molecule has 0 aliphatic heterocycles. The van der Waals surface area contributed by atoms with E-state index in [-0.39, 0.29) is 45.5 Å². The molecule has 0 saturated heterocycles. The molecule has 122 valence electrons. The summed E-state index contributed by atoms with van der Waals surface area (Å²) in [5, 5.41) is 18.8. The van der Waals surface area contributed by atoms with Crippen LogP contribution in [0.15, 0.2) is 47.4 Å². The molecular weight excluding hydrogens is 339 g/mol. The lowest BCUT2D eigenvalue weighted by Gasteiger charge is -2.10. The van der Waals surface area contributed by atoms with Crippen molar-refractivity contribution in [2.24, 2.45) is 0 Å². The minimum absolute atomic E-state index is 0.0410. The van der Waals surface area contributed by atoms with E-state index in [9.17, 15) is 19.6 Å². The van der Waals surface area contributed by atoms with Crippen LogP contribution in [-0.4, -0.2) is 25.8 Å². The first-order chi connectivity index (χ1) is 10.7. The average Bonchev–Trinajstić information content (AvgIpc) is 2.43. The Morgan fingerprint density at radius 2 is 1.74 bits per heavy atom. The van der Waals surface area contributed by atoms with Crippen LogP contribution in [0, 0.1) is 0 Å². The fourth-order valence-electron chi connectivity index (χ4n) is 2.05. The summed E-state index contributed by atoms with van der Waals surface area (Å²) in [6.07, 6.45) is 0.497. The Labute approximate surface area is 136 Å². The third-order valence-corrected chi connectivity index (χ3v) is 5.11. The number of ketones is 1. The second-order valence-electron chi connectivity index (χ2n) is 4.86. The van der Waals surface area contributed by atoms with Crippen LogP contribution in [0.4, 0.5) is 0 Å². The van der Waals surface area contributed by atoms with E-state index in [4.69, 9.17) is 9.79 Å². The van der Waals surface area contributed by atoms with Gasteiger partial charge in [0.2, 0.25) is 0 Å². The first kappa shape index (κ1) is 17.6. The highest BCUT2D eigenvalue weighted by Gasteiger charge is 2.21. The van der Waals surface area contributed by atoms with Crippen molar-refractivity contribution in [3.05, 3.63) is 53.6 Å². The Bertz CT molecular complexity index is 770. The number of aryl methyl sites for hydroxylation is 1. The molecule has 0 spiro atoms. The molecule has 0 heterocycles. The highest BCUT2D eigenvalue weighted by Crippen LogP contribution is 2.55. The fourth-order valence-corrected chi connectivity index (χ4v) is 3.98. The Morgan fingerprint density at radius 1 is 1.04 bits per heavy atom. The standard InChI is InChI=1S/C15H15O6PS/c16-11-3-1-2-10(8-11)4-7-14(18)13-6-5-12(17)9-15(13)23-22(19,20)21/h1-3,5-6,8-9,16-17H,4,7H2,(H2,19,20,21). The van der Waals surface area contributed by atoms with E-state index in [1.165, 1.54) is 18.2 Å². The Kier molecular flexibility index (Phi) is 5.49. The molecule has 8 heteroatoms. The van der Waals surface area contributed by atoms with Gasteiger partial charge in [-0.1, -0.05) is 12.1 Å². The minimum atomic E-state index is -4.44. The summed E-state index contributed by atoms with van der Waals surface area (Å²) in [6, 6.07) is 10.3. The van der Waals surface area contributed by atoms with Crippen LogP contribution in [0.2, 0.25) is 0 Å². The van der Waals surface area contributed by atoms with E-state index in [1.54, 1.807) is 18.2 Å². The topological polar surface area (TPSA) is 115 Å². The number of phenols is 2. The second kappa shape index (κ2) is 7.19. The van der Waals surface area contributed by atoms with Gasteiger partial charge in [0.15, 0.2) is 5.78 Å². The van der Waals surface area contributed by atoms with Gasteiger partial charge in [-0.15, -0.1) is 0 Å². The zero-order chi connectivity index (χ0) is 17.0. The smallest absolute Gasteiger partial charge is 0.388 e. The van der Waals surface area contributed by atoms with Gasteiger partial charge in [-0.25, -0.2) is 4.57 Å². The Morgan fingerprint density at radius 3 is 2.39 bits per heavy atom. The predicted molar refractivity (Wildman–Crippen MR) is 86.8 cm³/mol. The van der Waals surface area contributed by atoms with Crippen LogP contribution in [-0.2, 0) is 11.0 Å². The van der Waals surface area contributed by atoms with Crippen LogP contribution in [0.3, 0.4) is 0 Å². The molecule has 0 aliphatic rings. The van der Waals surface area contributed by atoms with Crippen molar-refractivity contribution in [1.82, 2.24) is 0 Å². The Hall–Kier alpha value is -1.79.